The minimum Gasteiger partial charge on any atom is -0.320 e. The van der Waals surface area contributed by atoms with Crippen LogP contribution in [0.4, 0.5) is 36.4 Å². The summed E-state index contributed by atoms with van der Waals surface area (Å²) >= 11 is 2.71. The van der Waals surface area contributed by atoms with Crippen LogP contribution in [0.3, 0.4) is 0 Å². The minimum absolute atomic E-state index is 0.163. The fourth-order valence-corrected chi connectivity index (χ4v) is 1.45. The van der Waals surface area contributed by atoms with Crippen molar-refractivity contribution in [2.24, 2.45) is 0 Å². The smallest absolute Gasteiger partial charge is 0.320 e. The molecule has 0 heterocycles. The van der Waals surface area contributed by atoms with Crippen LogP contribution < -0.4 is 5.32 Å². The van der Waals surface area contributed by atoms with E-state index in [-0.39, 0.29) is 4.47 Å². The fraction of sp³-hybridized carbons (Fsp3) is 0.300. The summed E-state index contributed by atoms with van der Waals surface area (Å²) in [6, 6.07) is 1.83. The predicted molar refractivity (Wildman–Crippen MR) is 58.7 cm³/mol. The van der Waals surface area contributed by atoms with Crippen LogP contribution in [0, 0.1) is 0 Å². The second kappa shape index (κ2) is 5.58. The van der Waals surface area contributed by atoms with Crippen LogP contribution in [-0.2, 0) is 11.0 Å². The molecule has 1 N–H and O–H groups in total. The molecule has 0 aliphatic rings. The van der Waals surface area contributed by atoms with Gasteiger partial charge in [0.25, 0.3) is 0 Å². The Morgan fingerprint density at radius 3 is 2.15 bits per heavy atom. The molecule has 0 atom stereocenters. The number of carbonyl (C=O) groups is 1. The Kier molecular flexibility index (Phi) is 4.67. The summed E-state index contributed by atoms with van der Waals surface area (Å²) in [6.45, 7) is 0. The quantitative estimate of drug-likeness (QED) is 0.792. The van der Waals surface area contributed by atoms with Gasteiger partial charge in [-0.05, 0) is 34.1 Å². The molecule has 0 aromatic heterocycles. The maximum Gasteiger partial charge on any atom is 0.416 e. The molecular weight excluding hydrogens is 363 g/mol. The van der Waals surface area contributed by atoms with E-state index in [2.05, 4.69) is 15.9 Å². The third-order valence-corrected chi connectivity index (χ3v) is 2.81. The summed E-state index contributed by atoms with van der Waals surface area (Å²) in [5.41, 5.74) is -1.92. The molecule has 0 aliphatic heterocycles. The highest BCUT2D eigenvalue weighted by Crippen LogP contribution is 2.34. The molecule has 0 saturated heterocycles. The first-order chi connectivity index (χ1) is 8.96. The van der Waals surface area contributed by atoms with Crippen molar-refractivity contribution in [1.82, 2.24) is 0 Å². The monoisotopic (exact) mass is 367 g/mol. The van der Waals surface area contributed by atoms with Gasteiger partial charge in [-0.25, -0.2) is 8.78 Å². The average molecular weight is 368 g/mol. The van der Waals surface area contributed by atoms with Crippen LogP contribution in [0.15, 0.2) is 22.7 Å². The number of hydrogen-bond acceptors (Lipinski definition) is 1. The fourth-order valence-electron chi connectivity index (χ4n) is 1.10. The Labute approximate surface area is 116 Å². The van der Waals surface area contributed by atoms with E-state index in [0.717, 1.165) is 6.07 Å². The summed E-state index contributed by atoms with van der Waals surface area (Å²) in [5, 5.41) is 1.33. The van der Waals surface area contributed by atoms with Gasteiger partial charge < -0.3 is 5.32 Å². The van der Waals surface area contributed by atoms with Gasteiger partial charge in [0.15, 0.2) is 0 Å². The number of anilines is 1. The number of carbonyl (C=O) groups excluding carboxylic acids is 1. The summed E-state index contributed by atoms with van der Waals surface area (Å²) in [4.78, 5) is 10.9. The summed E-state index contributed by atoms with van der Waals surface area (Å²) in [5.74, 6) is -7.40. The van der Waals surface area contributed by atoms with Crippen molar-refractivity contribution < 1.29 is 35.5 Å². The van der Waals surface area contributed by atoms with Gasteiger partial charge in [0.2, 0.25) is 0 Å². The number of amides is 1. The van der Waals surface area contributed by atoms with E-state index in [9.17, 15) is 35.5 Å². The molecule has 10 heteroatoms. The number of nitrogens with one attached hydrogen (secondary N) is 1. The lowest BCUT2D eigenvalue weighted by Crippen LogP contribution is -2.41. The van der Waals surface area contributed by atoms with E-state index < -0.39 is 35.7 Å². The average Bonchev–Trinajstić information content (AvgIpc) is 2.30. The zero-order valence-electron chi connectivity index (χ0n) is 9.24. The Morgan fingerprint density at radius 2 is 1.70 bits per heavy atom. The van der Waals surface area contributed by atoms with E-state index >= 15 is 0 Å². The first-order valence-corrected chi connectivity index (χ1v) is 5.59. The van der Waals surface area contributed by atoms with Crippen LogP contribution in [0.5, 0.6) is 0 Å². The molecule has 112 valence electrons. The third kappa shape index (κ3) is 3.62. The zero-order valence-corrected chi connectivity index (χ0v) is 10.8. The maximum atomic E-state index is 12.7. The number of rotatable bonds is 3. The third-order valence-electron chi connectivity index (χ3n) is 2.12. The first kappa shape index (κ1) is 16.7. The lowest BCUT2D eigenvalue weighted by molar-refractivity contribution is -0.163. The topological polar surface area (TPSA) is 29.1 Å². The van der Waals surface area contributed by atoms with E-state index in [1.165, 1.54) is 5.32 Å². The van der Waals surface area contributed by atoms with Gasteiger partial charge in [-0.2, -0.15) is 22.0 Å². The van der Waals surface area contributed by atoms with Gasteiger partial charge in [0.1, 0.15) is 0 Å². The first-order valence-electron chi connectivity index (χ1n) is 4.80. The molecule has 0 unspecified atom stereocenters. The Morgan fingerprint density at radius 1 is 1.15 bits per heavy atom. The summed E-state index contributed by atoms with van der Waals surface area (Å²) < 4.78 is 86.3. The molecule has 0 aliphatic carbocycles. The molecule has 1 rings (SSSR count). The van der Waals surface area contributed by atoms with Gasteiger partial charge in [-0.15, -0.1) is 0 Å². The van der Waals surface area contributed by atoms with Gasteiger partial charge in [0.05, 0.1) is 11.3 Å². The molecule has 0 radical (unpaired) electrons. The highest BCUT2D eigenvalue weighted by molar-refractivity contribution is 9.10. The Bertz CT molecular complexity index is 515. The second-order valence-corrected chi connectivity index (χ2v) is 4.42. The minimum atomic E-state index is -5.01. The lowest BCUT2D eigenvalue weighted by Gasteiger charge is -2.16. The van der Waals surface area contributed by atoms with Crippen LogP contribution in [0.2, 0.25) is 0 Å². The highest BCUT2D eigenvalue weighted by atomic mass is 79.9. The Hall–Kier alpha value is -1.32. The molecule has 1 amide bonds. The number of halogens is 8. The molecular formula is C10H5BrF7NO. The SMILES string of the molecule is O=C(Nc1cc(C(F)(F)F)ccc1Br)C(F)(F)C(F)F. The van der Waals surface area contributed by atoms with E-state index in [0.29, 0.717) is 12.1 Å². The molecule has 0 saturated carbocycles. The highest BCUT2D eigenvalue weighted by Gasteiger charge is 2.49. The number of benzene rings is 1. The van der Waals surface area contributed by atoms with Gasteiger partial charge in [0, 0.05) is 4.47 Å². The lowest BCUT2D eigenvalue weighted by atomic mass is 10.2. The van der Waals surface area contributed by atoms with Gasteiger partial charge in [-0.1, -0.05) is 0 Å². The van der Waals surface area contributed by atoms with E-state index in [1.54, 1.807) is 0 Å². The van der Waals surface area contributed by atoms with Crippen LogP contribution in [0.1, 0.15) is 5.56 Å². The number of alkyl halides is 7. The van der Waals surface area contributed by atoms with Gasteiger partial charge in [-0.3, -0.25) is 4.79 Å². The maximum absolute atomic E-state index is 12.7. The van der Waals surface area contributed by atoms with E-state index in [4.69, 9.17) is 0 Å². The van der Waals surface area contributed by atoms with Crippen LogP contribution in [0.25, 0.3) is 0 Å². The summed E-state index contributed by atoms with van der Waals surface area (Å²) in [6.07, 6.45) is -9.04. The zero-order chi connectivity index (χ0) is 15.7. The van der Waals surface area contributed by atoms with Crippen molar-refractivity contribution in [2.75, 3.05) is 5.32 Å². The van der Waals surface area contributed by atoms with Crippen molar-refractivity contribution >= 4 is 27.5 Å². The molecule has 1 aromatic carbocycles. The number of hydrogen-bond donors (Lipinski definition) is 1. The van der Waals surface area contributed by atoms with Crippen molar-refractivity contribution in [1.29, 1.82) is 0 Å². The van der Waals surface area contributed by atoms with Crippen molar-refractivity contribution in [3.05, 3.63) is 28.2 Å². The van der Waals surface area contributed by atoms with Crippen molar-refractivity contribution in [3.63, 3.8) is 0 Å². The molecule has 0 spiro atoms. The molecule has 0 fully saturated rings. The van der Waals surface area contributed by atoms with E-state index in [1.807, 2.05) is 0 Å². The van der Waals surface area contributed by atoms with Crippen LogP contribution >= 0.6 is 15.9 Å². The molecule has 1 aromatic rings. The largest absolute Gasteiger partial charge is 0.416 e. The molecule has 0 bridgehead atoms. The standard InChI is InChI=1S/C10H5BrF7NO/c11-5-2-1-4(10(16,17)18)3-6(5)19-8(20)9(14,15)7(12)13/h1-3,7H,(H,19,20). The Balaban J connectivity index is 3.07. The van der Waals surface area contributed by atoms with Crippen molar-refractivity contribution in [2.45, 2.75) is 18.5 Å². The van der Waals surface area contributed by atoms with Crippen LogP contribution in [-0.4, -0.2) is 18.3 Å². The molecule has 2 nitrogen and oxygen atoms in total. The summed E-state index contributed by atoms with van der Waals surface area (Å²) in [7, 11) is 0. The normalized spacial score (nSPS) is 12.7. The van der Waals surface area contributed by atoms with Gasteiger partial charge >= 0.3 is 24.4 Å². The molecule has 20 heavy (non-hydrogen) atoms. The second-order valence-electron chi connectivity index (χ2n) is 3.57. The van der Waals surface area contributed by atoms with Crippen molar-refractivity contribution in [3.8, 4) is 0 Å². The predicted octanol–water partition coefficient (Wildman–Crippen LogP) is 4.31.